The number of anilines is 3. The van der Waals surface area contributed by atoms with Crippen molar-refractivity contribution in [2.45, 2.75) is 20.8 Å². The smallest absolute Gasteiger partial charge is 0.255 e. The summed E-state index contributed by atoms with van der Waals surface area (Å²) in [5.74, 6) is -0.0936. The summed E-state index contributed by atoms with van der Waals surface area (Å²) in [4.78, 5) is 25.6. The van der Waals surface area contributed by atoms with Crippen molar-refractivity contribution in [1.29, 1.82) is 0 Å². The molecule has 1 amide bonds. The molecule has 7 heteroatoms. The molecule has 2 N–H and O–H groups in total. The number of carbonyl (C=O) groups excluding carboxylic acids is 1. The number of nitrogens with one attached hydrogen (secondary N) is 2. The lowest BCUT2D eigenvalue weighted by Gasteiger charge is -2.13. The fourth-order valence-electron chi connectivity index (χ4n) is 3.78. The van der Waals surface area contributed by atoms with Crippen molar-refractivity contribution in [1.82, 2.24) is 19.5 Å². The zero-order valence-corrected chi connectivity index (χ0v) is 20.0. The van der Waals surface area contributed by atoms with Crippen molar-refractivity contribution in [3.8, 4) is 16.9 Å². The Hall–Kier alpha value is -4.78. The molecule has 2 aromatic carbocycles. The molecular weight excluding hydrogens is 448 g/mol. The van der Waals surface area contributed by atoms with E-state index in [2.05, 4.69) is 25.6 Å². The molecule has 7 nitrogen and oxygen atoms in total. The molecule has 0 saturated heterocycles. The van der Waals surface area contributed by atoms with Crippen molar-refractivity contribution >= 4 is 23.2 Å². The van der Waals surface area contributed by atoms with E-state index in [4.69, 9.17) is 5.48 Å². The summed E-state index contributed by atoms with van der Waals surface area (Å²) in [5.41, 5.74) is 5.94. The van der Waals surface area contributed by atoms with Crippen LogP contribution in [0.15, 0.2) is 91.6 Å². The Morgan fingerprint density at radius 1 is 1.03 bits per heavy atom. The topological polar surface area (TPSA) is 84.7 Å². The van der Waals surface area contributed by atoms with Gasteiger partial charge in [0.1, 0.15) is 0 Å². The summed E-state index contributed by atoms with van der Waals surface area (Å²) in [6, 6.07) is 14.0. The van der Waals surface area contributed by atoms with Gasteiger partial charge in [-0.25, -0.2) is 9.97 Å². The summed E-state index contributed by atoms with van der Waals surface area (Å²) < 4.78 is 33.8. The van der Waals surface area contributed by atoms with Gasteiger partial charge < -0.3 is 15.2 Å². The number of hydrogen-bond acceptors (Lipinski definition) is 5. The van der Waals surface area contributed by atoms with Gasteiger partial charge in [0, 0.05) is 59.1 Å². The van der Waals surface area contributed by atoms with Crippen LogP contribution in [0.4, 0.5) is 17.3 Å². The lowest BCUT2D eigenvalue weighted by molar-refractivity contribution is 0.102. The quantitative estimate of drug-likeness (QED) is 0.301. The standard InChI is InChI=1S/C29H26N6O/c1-19-9-12-35(18-19)25-14-20(2)13-24(16-25)32-28(36)22-7-6-21(3)27(15-22)34-29-31-11-8-26(33-29)23-5-4-10-30-17-23/h4-18H,1-3H3,(H,32,36)(H,31,33,34)/i4D,5D,10D,17D. The fourth-order valence-corrected chi connectivity index (χ4v) is 3.78. The first-order valence-corrected chi connectivity index (χ1v) is 11.3. The van der Waals surface area contributed by atoms with E-state index in [-0.39, 0.29) is 41.4 Å². The Balaban J connectivity index is 1.40. The van der Waals surface area contributed by atoms with Gasteiger partial charge in [0.05, 0.1) is 11.2 Å². The van der Waals surface area contributed by atoms with E-state index in [1.165, 1.54) is 12.3 Å². The third-order valence-corrected chi connectivity index (χ3v) is 5.58. The van der Waals surface area contributed by atoms with Gasteiger partial charge in [0.25, 0.3) is 5.91 Å². The highest BCUT2D eigenvalue weighted by molar-refractivity contribution is 6.05. The molecule has 0 atom stereocenters. The molecule has 3 heterocycles. The molecule has 0 aliphatic carbocycles. The van der Waals surface area contributed by atoms with Crippen molar-refractivity contribution in [2.24, 2.45) is 0 Å². The monoisotopic (exact) mass is 478 g/mol. The van der Waals surface area contributed by atoms with Gasteiger partial charge in [-0.1, -0.05) is 6.07 Å². The molecule has 0 saturated carbocycles. The molecule has 0 fully saturated rings. The Morgan fingerprint density at radius 2 is 1.92 bits per heavy atom. The van der Waals surface area contributed by atoms with Crippen LogP contribution in [0.5, 0.6) is 0 Å². The third-order valence-electron chi connectivity index (χ3n) is 5.58. The van der Waals surface area contributed by atoms with Gasteiger partial charge in [-0.3, -0.25) is 9.78 Å². The number of benzene rings is 2. The van der Waals surface area contributed by atoms with E-state index in [0.717, 1.165) is 22.4 Å². The number of amides is 1. The number of carbonyl (C=O) groups is 1. The third kappa shape index (κ3) is 5.15. The number of aromatic nitrogens is 4. The molecular formula is C29H26N6O. The van der Waals surface area contributed by atoms with Crippen LogP contribution in [0.1, 0.15) is 32.5 Å². The van der Waals surface area contributed by atoms with Crippen LogP contribution >= 0.6 is 0 Å². The highest BCUT2D eigenvalue weighted by atomic mass is 16.1. The maximum atomic E-state index is 13.2. The molecule has 0 spiro atoms. The molecule has 5 rings (SSSR count). The number of pyridine rings is 1. The van der Waals surface area contributed by atoms with Crippen LogP contribution in [-0.2, 0) is 0 Å². The van der Waals surface area contributed by atoms with Crippen LogP contribution in [-0.4, -0.2) is 25.4 Å². The Kier molecular flexibility index (Phi) is 5.06. The average molecular weight is 479 g/mol. The Morgan fingerprint density at radius 3 is 2.75 bits per heavy atom. The minimum absolute atomic E-state index is 0.0453. The second kappa shape index (κ2) is 9.84. The first-order valence-electron chi connectivity index (χ1n) is 13.3. The van der Waals surface area contributed by atoms with Gasteiger partial charge in [-0.2, -0.15) is 0 Å². The number of aryl methyl sites for hydroxylation is 3. The first kappa shape index (κ1) is 18.5. The van der Waals surface area contributed by atoms with Gasteiger partial charge in [0.2, 0.25) is 5.95 Å². The SMILES string of the molecule is [2H]c1nc([2H])c(-c2ccnc(Nc3cc(C(=O)Nc4cc(C)cc(-n5ccc(C)c5)c4)ccc3C)n2)c([2H])c1[2H]. The molecule has 5 aromatic rings. The van der Waals surface area contributed by atoms with Crippen LogP contribution in [0.2, 0.25) is 0 Å². The van der Waals surface area contributed by atoms with E-state index in [9.17, 15) is 4.79 Å². The Bertz CT molecular complexity index is 1770. The average Bonchev–Trinajstić information content (AvgIpc) is 3.35. The first-order chi connectivity index (χ1) is 19.1. The number of hydrogen-bond donors (Lipinski definition) is 2. The van der Waals surface area contributed by atoms with Crippen molar-refractivity contribution < 1.29 is 10.3 Å². The molecule has 0 bridgehead atoms. The maximum Gasteiger partial charge on any atom is 0.255 e. The van der Waals surface area contributed by atoms with Crippen molar-refractivity contribution in [3.63, 3.8) is 0 Å². The van der Waals surface area contributed by atoms with E-state index in [1.807, 2.05) is 68.1 Å². The van der Waals surface area contributed by atoms with Crippen LogP contribution in [0.25, 0.3) is 16.9 Å². The predicted octanol–water partition coefficient (Wildman–Crippen LogP) is 6.25. The molecule has 3 aromatic heterocycles. The minimum Gasteiger partial charge on any atom is -0.324 e. The minimum atomic E-state index is -0.432. The van der Waals surface area contributed by atoms with E-state index < -0.39 is 6.17 Å². The molecule has 0 aliphatic heterocycles. The van der Waals surface area contributed by atoms with Crippen molar-refractivity contribution in [2.75, 3.05) is 10.6 Å². The second-order valence-electron chi connectivity index (χ2n) is 8.49. The highest BCUT2D eigenvalue weighted by Gasteiger charge is 2.12. The van der Waals surface area contributed by atoms with Crippen molar-refractivity contribution in [3.05, 3.63) is 114 Å². The van der Waals surface area contributed by atoms with E-state index in [1.54, 1.807) is 12.1 Å². The van der Waals surface area contributed by atoms with E-state index in [0.29, 0.717) is 16.9 Å². The zero-order valence-electron chi connectivity index (χ0n) is 24.0. The summed E-state index contributed by atoms with van der Waals surface area (Å²) in [7, 11) is 0. The second-order valence-corrected chi connectivity index (χ2v) is 8.49. The highest BCUT2D eigenvalue weighted by Crippen LogP contribution is 2.24. The summed E-state index contributed by atoms with van der Waals surface area (Å²) in [6.07, 6.45) is 4.73. The fraction of sp³-hybridized carbons (Fsp3) is 0.103. The zero-order chi connectivity index (χ0) is 28.6. The van der Waals surface area contributed by atoms with Crippen LogP contribution in [0.3, 0.4) is 0 Å². The number of nitrogens with zero attached hydrogens (tertiary/aromatic N) is 4. The predicted molar refractivity (Wildman–Crippen MR) is 143 cm³/mol. The van der Waals surface area contributed by atoms with Gasteiger partial charge in [-0.05, 0) is 92.0 Å². The van der Waals surface area contributed by atoms with Gasteiger partial charge >= 0.3 is 0 Å². The largest absolute Gasteiger partial charge is 0.324 e. The van der Waals surface area contributed by atoms with Gasteiger partial charge in [0.15, 0.2) is 0 Å². The molecule has 0 aliphatic rings. The molecule has 36 heavy (non-hydrogen) atoms. The molecule has 178 valence electrons. The van der Waals surface area contributed by atoms with Gasteiger partial charge in [-0.15, -0.1) is 0 Å². The number of rotatable bonds is 6. The lowest BCUT2D eigenvalue weighted by Crippen LogP contribution is -2.13. The summed E-state index contributed by atoms with van der Waals surface area (Å²) >= 11 is 0. The summed E-state index contributed by atoms with van der Waals surface area (Å²) in [5, 5.41) is 6.10. The molecule has 0 unspecified atom stereocenters. The maximum absolute atomic E-state index is 13.2. The Labute approximate surface area is 215 Å². The van der Waals surface area contributed by atoms with E-state index >= 15 is 0 Å². The lowest BCUT2D eigenvalue weighted by atomic mass is 10.1. The molecule has 0 radical (unpaired) electrons. The van der Waals surface area contributed by atoms with Crippen LogP contribution < -0.4 is 10.6 Å². The normalized spacial score (nSPS) is 12.3. The summed E-state index contributed by atoms with van der Waals surface area (Å²) in [6.45, 7) is 5.89. The van der Waals surface area contributed by atoms with Crippen LogP contribution in [0, 0.1) is 20.8 Å².